The summed E-state index contributed by atoms with van der Waals surface area (Å²) in [6.45, 7) is 8.32. The third-order valence-corrected chi connectivity index (χ3v) is 4.83. The number of hydrogen-bond donors (Lipinski definition) is 1. The van der Waals surface area contributed by atoms with Crippen molar-refractivity contribution in [3.05, 3.63) is 18.2 Å². The molecule has 0 radical (unpaired) electrons. The zero-order valence-corrected chi connectivity index (χ0v) is 13.7. The molecule has 1 saturated carbocycles. The van der Waals surface area contributed by atoms with Crippen molar-refractivity contribution >= 4 is 0 Å². The van der Waals surface area contributed by atoms with Crippen LogP contribution in [0.5, 0.6) is 0 Å². The van der Waals surface area contributed by atoms with Crippen LogP contribution < -0.4 is 5.32 Å². The highest BCUT2D eigenvalue weighted by Crippen LogP contribution is 2.43. The smallest absolute Gasteiger partial charge is 0.122 e. The fourth-order valence-corrected chi connectivity index (χ4v) is 3.65. The third-order valence-electron chi connectivity index (χ3n) is 4.83. The zero-order valence-electron chi connectivity index (χ0n) is 13.7. The van der Waals surface area contributed by atoms with Crippen LogP contribution >= 0.6 is 0 Å². The zero-order chi connectivity index (χ0) is 14.9. The number of imidazole rings is 1. The van der Waals surface area contributed by atoms with E-state index in [0.717, 1.165) is 18.9 Å². The SMILES string of the molecule is CC(C)(C)NCc1nccn1CC1CCC2(CCCC2)O1. The first-order valence-electron chi connectivity index (χ1n) is 8.39. The second kappa shape index (κ2) is 5.73. The first-order chi connectivity index (χ1) is 9.96. The number of hydrogen-bond acceptors (Lipinski definition) is 3. The topological polar surface area (TPSA) is 39.1 Å². The molecule has 1 aliphatic carbocycles. The Morgan fingerprint density at radius 1 is 1.33 bits per heavy atom. The fourth-order valence-electron chi connectivity index (χ4n) is 3.65. The largest absolute Gasteiger partial charge is 0.370 e. The van der Waals surface area contributed by atoms with Gasteiger partial charge in [0.15, 0.2) is 0 Å². The van der Waals surface area contributed by atoms with Gasteiger partial charge >= 0.3 is 0 Å². The van der Waals surface area contributed by atoms with E-state index in [-0.39, 0.29) is 11.1 Å². The van der Waals surface area contributed by atoms with Gasteiger partial charge in [0.2, 0.25) is 0 Å². The molecule has 0 amide bonds. The predicted molar refractivity (Wildman–Crippen MR) is 84.1 cm³/mol. The number of nitrogens with one attached hydrogen (secondary N) is 1. The molecule has 2 aliphatic rings. The van der Waals surface area contributed by atoms with E-state index in [1.54, 1.807) is 0 Å². The van der Waals surface area contributed by atoms with Crippen molar-refractivity contribution < 1.29 is 4.74 Å². The molecule has 1 aliphatic heterocycles. The summed E-state index contributed by atoms with van der Waals surface area (Å²) in [5.74, 6) is 1.11. The maximum atomic E-state index is 6.41. The maximum Gasteiger partial charge on any atom is 0.122 e. The Morgan fingerprint density at radius 3 is 2.81 bits per heavy atom. The lowest BCUT2D eigenvalue weighted by Gasteiger charge is -2.24. The van der Waals surface area contributed by atoms with Crippen LogP contribution in [0.3, 0.4) is 0 Å². The quantitative estimate of drug-likeness (QED) is 0.925. The molecular weight excluding hydrogens is 262 g/mol. The second-order valence-corrected chi connectivity index (χ2v) is 7.77. The van der Waals surface area contributed by atoms with Crippen LogP contribution in [0.15, 0.2) is 12.4 Å². The summed E-state index contributed by atoms with van der Waals surface area (Å²) in [6, 6.07) is 0. The van der Waals surface area contributed by atoms with Crippen LogP contribution in [0.25, 0.3) is 0 Å². The lowest BCUT2D eigenvalue weighted by molar-refractivity contribution is -0.0420. The number of rotatable bonds is 4. The summed E-state index contributed by atoms with van der Waals surface area (Å²) in [4.78, 5) is 4.50. The van der Waals surface area contributed by atoms with Crippen molar-refractivity contribution in [2.24, 2.45) is 0 Å². The summed E-state index contributed by atoms with van der Waals surface area (Å²) in [5.41, 5.74) is 0.351. The molecule has 3 rings (SSSR count). The van der Waals surface area contributed by atoms with Gasteiger partial charge < -0.3 is 14.6 Å². The van der Waals surface area contributed by atoms with Gasteiger partial charge in [-0.05, 0) is 46.5 Å². The van der Waals surface area contributed by atoms with Gasteiger partial charge in [-0.1, -0.05) is 12.8 Å². The molecule has 118 valence electrons. The van der Waals surface area contributed by atoms with E-state index < -0.39 is 0 Å². The molecule has 1 N–H and O–H groups in total. The summed E-state index contributed by atoms with van der Waals surface area (Å²) >= 11 is 0. The van der Waals surface area contributed by atoms with Crippen LogP contribution in [0.1, 0.15) is 65.1 Å². The van der Waals surface area contributed by atoms with Crippen molar-refractivity contribution in [1.29, 1.82) is 0 Å². The molecule has 2 heterocycles. The van der Waals surface area contributed by atoms with Gasteiger partial charge in [0.05, 0.1) is 24.8 Å². The lowest BCUT2D eigenvalue weighted by Crippen LogP contribution is -2.36. The van der Waals surface area contributed by atoms with Crippen LogP contribution in [0.4, 0.5) is 0 Å². The first-order valence-corrected chi connectivity index (χ1v) is 8.39. The van der Waals surface area contributed by atoms with Gasteiger partial charge in [-0.2, -0.15) is 0 Å². The van der Waals surface area contributed by atoms with Crippen molar-refractivity contribution in [3.63, 3.8) is 0 Å². The molecule has 1 saturated heterocycles. The number of aromatic nitrogens is 2. The molecule has 1 atom stereocenters. The normalized spacial score (nSPS) is 25.0. The van der Waals surface area contributed by atoms with Gasteiger partial charge in [0, 0.05) is 17.9 Å². The van der Waals surface area contributed by atoms with Gasteiger partial charge in [-0.25, -0.2) is 4.98 Å². The Balaban J connectivity index is 1.57. The summed E-state index contributed by atoms with van der Waals surface area (Å²) in [7, 11) is 0. The average molecular weight is 291 g/mol. The van der Waals surface area contributed by atoms with E-state index in [2.05, 4.69) is 41.8 Å². The van der Waals surface area contributed by atoms with Gasteiger partial charge in [0.25, 0.3) is 0 Å². The number of ether oxygens (including phenoxy) is 1. The monoisotopic (exact) mass is 291 g/mol. The molecular formula is C17H29N3O. The van der Waals surface area contributed by atoms with Crippen LogP contribution in [-0.4, -0.2) is 26.8 Å². The minimum atomic E-state index is 0.120. The average Bonchev–Trinajstić information content (AvgIpc) is 3.11. The predicted octanol–water partition coefficient (Wildman–Crippen LogP) is 3.26. The molecule has 0 aromatic carbocycles. The van der Waals surface area contributed by atoms with Crippen molar-refractivity contribution in [2.45, 2.75) is 89.6 Å². The van der Waals surface area contributed by atoms with Crippen LogP contribution in [0.2, 0.25) is 0 Å². The van der Waals surface area contributed by atoms with Crippen LogP contribution in [-0.2, 0) is 17.8 Å². The summed E-state index contributed by atoms with van der Waals surface area (Å²) < 4.78 is 8.68. The van der Waals surface area contributed by atoms with Crippen LogP contribution in [0, 0.1) is 0 Å². The van der Waals surface area contributed by atoms with E-state index in [0.29, 0.717) is 6.10 Å². The fraction of sp³-hybridized carbons (Fsp3) is 0.824. The Hall–Kier alpha value is -0.870. The standard InChI is InChI=1S/C17H29N3O/c1-16(2,3)19-12-15-18-10-11-20(15)13-14-6-9-17(21-14)7-4-5-8-17/h10-11,14,19H,4-9,12-13H2,1-3H3. The Bertz CT molecular complexity index is 469. The molecule has 2 fully saturated rings. The Kier molecular flexibility index (Phi) is 4.10. The second-order valence-electron chi connectivity index (χ2n) is 7.77. The van der Waals surface area contributed by atoms with E-state index in [9.17, 15) is 0 Å². The van der Waals surface area contributed by atoms with Crippen molar-refractivity contribution in [2.75, 3.05) is 0 Å². The molecule has 4 nitrogen and oxygen atoms in total. The summed E-state index contributed by atoms with van der Waals surface area (Å²) in [5, 5.41) is 3.51. The number of nitrogens with zero attached hydrogens (tertiary/aromatic N) is 2. The third kappa shape index (κ3) is 3.67. The van der Waals surface area contributed by atoms with Gasteiger partial charge in [-0.15, -0.1) is 0 Å². The van der Waals surface area contributed by atoms with E-state index >= 15 is 0 Å². The highest BCUT2D eigenvalue weighted by atomic mass is 16.5. The Morgan fingerprint density at radius 2 is 2.10 bits per heavy atom. The van der Waals surface area contributed by atoms with E-state index in [4.69, 9.17) is 4.74 Å². The van der Waals surface area contributed by atoms with Crippen molar-refractivity contribution in [1.82, 2.24) is 14.9 Å². The highest BCUT2D eigenvalue weighted by Gasteiger charge is 2.42. The summed E-state index contributed by atoms with van der Waals surface area (Å²) in [6.07, 6.45) is 12.0. The molecule has 21 heavy (non-hydrogen) atoms. The molecule has 1 unspecified atom stereocenters. The molecule has 1 aromatic rings. The molecule has 4 heteroatoms. The van der Waals surface area contributed by atoms with Gasteiger partial charge in [0.1, 0.15) is 5.82 Å². The minimum Gasteiger partial charge on any atom is -0.370 e. The van der Waals surface area contributed by atoms with Gasteiger partial charge in [-0.3, -0.25) is 0 Å². The molecule has 1 aromatic heterocycles. The lowest BCUT2D eigenvalue weighted by atomic mass is 9.98. The van der Waals surface area contributed by atoms with E-state index in [1.807, 2.05) is 6.20 Å². The maximum absolute atomic E-state index is 6.41. The first kappa shape index (κ1) is 15.0. The Labute approximate surface area is 128 Å². The van der Waals surface area contributed by atoms with E-state index in [1.165, 1.54) is 38.5 Å². The molecule has 0 bridgehead atoms. The van der Waals surface area contributed by atoms with Crippen molar-refractivity contribution in [3.8, 4) is 0 Å². The molecule has 1 spiro atoms. The highest BCUT2D eigenvalue weighted by molar-refractivity contribution is 4.97. The minimum absolute atomic E-state index is 0.120.